The number of aromatic nitrogens is 1. The zero-order valence-electron chi connectivity index (χ0n) is 19.7. The number of allylic oxidation sites excluding steroid dienone is 1. The van der Waals surface area contributed by atoms with Crippen molar-refractivity contribution < 1.29 is 13.9 Å². The maximum absolute atomic E-state index is 13.7. The van der Waals surface area contributed by atoms with E-state index >= 15 is 0 Å². The Morgan fingerprint density at radius 3 is 2.64 bits per heavy atom. The highest BCUT2D eigenvalue weighted by molar-refractivity contribution is 9.10. The average Bonchev–Trinajstić information content (AvgIpc) is 3.41. The first kappa shape index (κ1) is 24.0. The molecule has 36 heavy (non-hydrogen) atoms. The van der Waals surface area contributed by atoms with Crippen molar-refractivity contribution in [3.05, 3.63) is 113 Å². The molecule has 1 atom stereocenters. The first-order valence-corrected chi connectivity index (χ1v) is 12.8. The third kappa shape index (κ3) is 4.47. The molecule has 2 aromatic heterocycles. The van der Waals surface area contributed by atoms with Gasteiger partial charge in [-0.15, -0.1) is 0 Å². The molecule has 9 heteroatoms. The quantitative estimate of drug-likeness (QED) is 0.386. The molecule has 2 aromatic carbocycles. The van der Waals surface area contributed by atoms with E-state index < -0.39 is 6.04 Å². The number of nitrogens with one attached hydrogen (secondary N) is 1. The summed E-state index contributed by atoms with van der Waals surface area (Å²) < 4.78 is 13.7. The summed E-state index contributed by atoms with van der Waals surface area (Å²) in [6, 6.07) is 17.8. The average molecular weight is 564 g/mol. The van der Waals surface area contributed by atoms with E-state index in [1.807, 2.05) is 55.5 Å². The molecule has 1 amide bonds. The van der Waals surface area contributed by atoms with Gasteiger partial charge in [-0.1, -0.05) is 41.7 Å². The van der Waals surface area contributed by atoms with E-state index in [2.05, 4.69) is 26.2 Å². The van der Waals surface area contributed by atoms with Crippen molar-refractivity contribution in [2.75, 3.05) is 12.4 Å². The maximum atomic E-state index is 13.7. The van der Waals surface area contributed by atoms with Gasteiger partial charge in [0.15, 0.2) is 9.47 Å². The number of anilines is 1. The monoisotopic (exact) mass is 563 g/mol. The molecule has 0 saturated heterocycles. The maximum Gasteiger partial charge on any atom is 0.271 e. The van der Waals surface area contributed by atoms with Gasteiger partial charge in [0.05, 0.1) is 29.0 Å². The van der Waals surface area contributed by atoms with E-state index in [0.29, 0.717) is 42.5 Å². The normalized spacial score (nSPS) is 15.4. The van der Waals surface area contributed by atoms with Gasteiger partial charge in [-0.2, -0.15) is 0 Å². The van der Waals surface area contributed by atoms with Crippen LogP contribution in [0, 0.1) is 6.92 Å². The number of fused-ring (bicyclic) bond motifs is 1. The van der Waals surface area contributed by atoms with Crippen LogP contribution in [0.3, 0.4) is 0 Å². The number of hydrogen-bond acceptors (Lipinski definition) is 6. The van der Waals surface area contributed by atoms with Crippen molar-refractivity contribution in [2.24, 2.45) is 4.99 Å². The number of aryl methyl sites for hydroxylation is 1. The van der Waals surface area contributed by atoms with Crippen molar-refractivity contribution in [3.63, 3.8) is 0 Å². The van der Waals surface area contributed by atoms with Crippen LogP contribution in [0.4, 0.5) is 5.69 Å². The van der Waals surface area contributed by atoms with Gasteiger partial charge in [-0.25, -0.2) is 4.99 Å². The Labute approximate surface area is 219 Å². The molecule has 0 bridgehead atoms. The summed E-state index contributed by atoms with van der Waals surface area (Å²) in [5, 5.41) is 2.95. The minimum absolute atomic E-state index is 0.256. The zero-order chi connectivity index (χ0) is 25.4. The van der Waals surface area contributed by atoms with E-state index in [9.17, 15) is 9.59 Å². The van der Waals surface area contributed by atoms with Crippen molar-refractivity contribution in [3.8, 4) is 5.75 Å². The van der Waals surface area contributed by atoms with E-state index in [0.717, 1.165) is 11.1 Å². The fourth-order valence-corrected chi connectivity index (χ4v) is 5.53. The van der Waals surface area contributed by atoms with Crippen LogP contribution in [0.15, 0.2) is 90.8 Å². The lowest BCUT2D eigenvalue weighted by molar-refractivity contribution is -0.113. The number of furan rings is 1. The highest BCUT2D eigenvalue weighted by Crippen LogP contribution is 2.33. The lowest BCUT2D eigenvalue weighted by Crippen LogP contribution is -2.40. The fraction of sp³-hybridized carbons (Fsp3) is 0.148. The predicted molar refractivity (Wildman–Crippen MR) is 143 cm³/mol. The van der Waals surface area contributed by atoms with Crippen LogP contribution < -0.4 is 24.9 Å². The number of ether oxygens (including phenoxy) is 1. The van der Waals surface area contributed by atoms with Gasteiger partial charge in [0.25, 0.3) is 11.5 Å². The number of carbonyl (C=O) groups is 1. The van der Waals surface area contributed by atoms with Crippen molar-refractivity contribution in [2.45, 2.75) is 19.9 Å². The second-order valence-electron chi connectivity index (χ2n) is 8.27. The molecular weight excluding hydrogens is 542 g/mol. The van der Waals surface area contributed by atoms with Gasteiger partial charge in [0, 0.05) is 11.8 Å². The number of amides is 1. The third-order valence-electron chi connectivity index (χ3n) is 5.91. The van der Waals surface area contributed by atoms with E-state index in [1.54, 1.807) is 36.8 Å². The first-order chi connectivity index (χ1) is 17.4. The molecule has 1 aliphatic heterocycles. The zero-order valence-corrected chi connectivity index (χ0v) is 22.1. The Hall–Kier alpha value is -3.69. The largest absolute Gasteiger partial charge is 0.496 e. The van der Waals surface area contributed by atoms with Gasteiger partial charge in [0.2, 0.25) is 0 Å². The molecule has 0 spiro atoms. The summed E-state index contributed by atoms with van der Waals surface area (Å²) in [6.07, 6.45) is 1.68. The van der Waals surface area contributed by atoms with Gasteiger partial charge in [0.1, 0.15) is 11.5 Å². The minimum Gasteiger partial charge on any atom is -0.496 e. The molecule has 5 rings (SSSR count). The van der Waals surface area contributed by atoms with E-state index in [-0.39, 0.29) is 11.5 Å². The Kier molecular flexibility index (Phi) is 6.51. The number of nitrogens with zero attached hydrogens (tertiary/aromatic N) is 2. The molecular formula is C27H22BrN3O4S. The number of halogens is 1. The molecule has 3 heterocycles. The fourth-order valence-electron chi connectivity index (χ4n) is 4.19. The third-order valence-corrected chi connectivity index (χ3v) is 7.32. The molecule has 0 unspecified atom stereocenters. The molecule has 182 valence electrons. The number of methoxy groups -OCH3 is 1. The van der Waals surface area contributed by atoms with Crippen LogP contribution in [-0.2, 0) is 4.79 Å². The van der Waals surface area contributed by atoms with Gasteiger partial charge >= 0.3 is 0 Å². The number of rotatable bonds is 5. The Morgan fingerprint density at radius 1 is 1.17 bits per heavy atom. The Balaban J connectivity index is 1.70. The molecule has 7 nitrogen and oxygen atoms in total. The molecule has 4 aromatic rings. The van der Waals surface area contributed by atoms with Crippen molar-refractivity contribution in [1.29, 1.82) is 0 Å². The summed E-state index contributed by atoms with van der Waals surface area (Å²) in [5.41, 5.74) is 3.04. The molecule has 0 fully saturated rings. The topological polar surface area (TPSA) is 85.8 Å². The number of carbonyl (C=O) groups excluding carboxylic acids is 1. The number of benzene rings is 2. The number of thiazole rings is 1. The smallest absolute Gasteiger partial charge is 0.271 e. The van der Waals surface area contributed by atoms with Crippen molar-refractivity contribution >= 4 is 44.9 Å². The first-order valence-electron chi connectivity index (χ1n) is 11.1. The van der Waals surface area contributed by atoms with Crippen LogP contribution in [0.1, 0.15) is 29.9 Å². The summed E-state index contributed by atoms with van der Waals surface area (Å²) in [7, 11) is 1.60. The standard InChI is InChI=1S/C27H22BrN3O4S/c1-15-9-10-17(13-20(15)34-3)24-23(25(32)30-18-7-5-4-6-8-18)16(2)29-27-31(24)26(33)21(36-27)14-19-11-12-22(28)35-19/h4-14,24H,1-3H3,(H,30,32)/b21-14-/t24-/m0/s1. The van der Waals surface area contributed by atoms with Crippen LogP contribution in [0.25, 0.3) is 6.08 Å². The lowest BCUT2D eigenvalue weighted by Gasteiger charge is -2.26. The lowest BCUT2D eigenvalue weighted by atomic mass is 9.94. The highest BCUT2D eigenvalue weighted by Gasteiger charge is 2.33. The van der Waals surface area contributed by atoms with Gasteiger partial charge < -0.3 is 14.5 Å². The summed E-state index contributed by atoms with van der Waals surface area (Å²) in [4.78, 5) is 32.5. The summed E-state index contributed by atoms with van der Waals surface area (Å²) in [5.74, 6) is 0.891. The predicted octanol–water partition coefficient (Wildman–Crippen LogP) is 4.55. The van der Waals surface area contributed by atoms with Crippen molar-refractivity contribution in [1.82, 2.24) is 4.57 Å². The molecule has 1 aliphatic rings. The van der Waals surface area contributed by atoms with Crippen LogP contribution in [0.5, 0.6) is 5.75 Å². The van der Waals surface area contributed by atoms with Crippen LogP contribution in [0.2, 0.25) is 0 Å². The second-order valence-corrected chi connectivity index (χ2v) is 10.1. The Morgan fingerprint density at radius 2 is 1.94 bits per heavy atom. The number of para-hydroxylation sites is 1. The number of hydrogen-bond donors (Lipinski definition) is 1. The van der Waals surface area contributed by atoms with Crippen LogP contribution >= 0.6 is 27.3 Å². The van der Waals surface area contributed by atoms with E-state index in [1.165, 1.54) is 11.3 Å². The second kappa shape index (κ2) is 9.75. The SMILES string of the molecule is COc1cc([C@H]2C(C(=O)Nc3ccccc3)=C(C)N=c3s/c(=C\c4ccc(Br)o4)c(=O)n32)ccc1C. The van der Waals surface area contributed by atoms with Gasteiger partial charge in [-0.05, 0) is 71.2 Å². The molecule has 0 saturated carbocycles. The summed E-state index contributed by atoms with van der Waals surface area (Å²) >= 11 is 4.55. The molecule has 1 N–H and O–H groups in total. The van der Waals surface area contributed by atoms with Gasteiger partial charge in [-0.3, -0.25) is 14.2 Å². The van der Waals surface area contributed by atoms with Crippen LogP contribution in [-0.4, -0.2) is 17.6 Å². The minimum atomic E-state index is -0.690. The summed E-state index contributed by atoms with van der Waals surface area (Å²) in [6.45, 7) is 3.73. The molecule has 0 aliphatic carbocycles. The Bertz CT molecular complexity index is 1680. The highest BCUT2D eigenvalue weighted by atomic mass is 79.9. The van der Waals surface area contributed by atoms with E-state index in [4.69, 9.17) is 9.15 Å². The molecule has 0 radical (unpaired) electrons.